The summed E-state index contributed by atoms with van der Waals surface area (Å²) in [6.07, 6.45) is 2.45. The van der Waals surface area contributed by atoms with Gasteiger partial charge in [0.15, 0.2) is 0 Å². The van der Waals surface area contributed by atoms with E-state index >= 15 is 0 Å². The van der Waals surface area contributed by atoms with Gasteiger partial charge in [-0.25, -0.2) is 0 Å². The fraction of sp³-hybridized carbons (Fsp3) is 0.760. The van der Waals surface area contributed by atoms with Gasteiger partial charge in [-0.1, -0.05) is 12.1 Å². The molecule has 3 aliphatic rings. The van der Waals surface area contributed by atoms with Crippen molar-refractivity contribution in [2.24, 2.45) is 0 Å². The number of aryl methyl sites for hydroxylation is 2. The maximum Gasteiger partial charge on any atom is 0.494 e. The monoisotopic (exact) mass is 443 g/mol. The molecule has 0 unspecified atom stereocenters. The summed E-state index contributed by atoms with van der Waals surface area (Å²) in [5, 5.41) is 9.17. The second-order valence-corrected chi connectivity index (χ2v) is 10.9. The fourth-order valence-corrected chi connectivity index (χ4v) is 5.56. The van der Waals surface area contributed by atoms with E-state index in [0.29, 0.717) is 6.04 Å². The first-order chi connectivity index (χ1) is 15.1. The first-order valence-electron chi connectivity index (χ1n) is 12.4. The maximum atomic E-state index is 9.17. The molecule has 1 aromatic rings. The van der Waals surface area contributed by atoms with E-state index in [1.165, 1.54) is 29.7 Å². The van der Waals surface area contributed by atoms with E-state index in [-0.39, 0.29) is 24.9 Å². The Labute approximate surface area is 195 Å². The predicted molar refractivity (Wildman–Crippen MR) is 132 cm³/mol. The van der Waals surface area contributed by atoms with Crippen molar-refractivity contribution in [3.8, 4) is 0 Å². The number of benzene rings is 1. The van der Waals surface area contributed by atoms with Gasteiger partial charge in [0, 0.05) is 44.5 Å². The van der Waals surface area contributed by atoms with Gasteiger partial charge in [0.05, 0.1) is 17.8 Å². The molecule has 3 aliphatic heterocycles. The summed E-state index contributed by atoms with van der Waals surface area (Å²) in [5.41, 5.74) is 4.48. The lowest BCUT2D eigenvalue weighted by Gasteiger charge is -2.44. The Morgan fingerprint density at radius 2 is 1.44 bits per heavy atom. The minimum atomic E-state index is -0.317. The van der Waals surface area contributed by atoms with Gasteiger partial charge in [-0.15, -0.1) is 0 Å². The number of β-amino-alcohol motifs (C(OH)–C–C–N with tert-alkyl or cyclic N) is 1. The molecule has 0 aromatic heterocycles. The van der Waals surface area contributed by atoms with Gasteiger partial charge in [0.1, 0.15) is 0 Å². The highest BCUT2D eigenvalue weighted by Gasteiger charge is 2.51. The van der Waals surface area contributed by atoms with Crippen LogP contribution in [0.5, 0.6) is 0 Å². The van der Waals surface area contributed by atoms with Gasteiger partial charge in [0.25, 0.3) is 0 Å². The van der Waals surface area contributed by atoms with Gasteiger partial charge in [-0.05, 0) is 84.1 Å². The molecular formula is C25H42BN3O3. The average Bonchev–Trinajstić information content (AvgIpc) is 2.96. The molecule has 0 amide bonds. The minimum Gasteiger partial charge on any atom is -0.399 e. The Morgan fingerprint density at radius 3 is 1.94 bits per heavy atom. The van der Waals surface area contributed by atoms with E-state index < -0.39 is 0 Å². The Hall–Kier alpha value is -1.12. The molecule has 0 radical (unpaired) electrons. The summed E-state index contributed by atoms with van der Waals surface area (Å²) in [6.45, 7) is 20.6. The first-order valence-corrected chi connectivity index (χ1v) is 12.4. The number of nitrogens with zero attached hydrogens (tertiary/aromatic N) is 3. The zero-order chi connectivity index (χ0) is 23.1. The van der Waals surface area contributed by atoms with Crippen LogP contribution < -0.4 is 10.4 Å². The zero-order valence-electron chi connectivity index (χ0n) is 21.0. The summed E-state index contributed by atoms with van der Waals surface area (Å²) in [4.78, 5) is 7.65. The molecule has 32 heavy (non-hydrogen) atoms. The predicted octanol–water partition coefficient (Wildman–Crippen LogP) is 2.18. The highest BCUT2D eigenvalue weighted by Crippen LogP contribution is 2.37. The molecule has 1 N–H and O–H groups in total. The molecule has 7 heteroatoms. The van der Waals surface area contributed by atoms with E-state index in [2.05, 4.69) is 68.4 Å². The van der Waals surface area contributed by atoms with Gasteiger partial charge < -0.3 is 24.2 Å². The molecular weight excluding hydrogens is 401 g/mol. The number of aliphatic hydroxyl groups excluding tert-OH is 1. The van der Waals surface area contributed by atoms with Gasteiger partial charge >= 0.3 is 7.12 Å². The molecule has 3 heterocycles. The number of anilines is 1. The van der Waals surface area contributed by atoms with E-state index in [0.717, 1.165) is 51.3 Å². The lowest BCUT2D eigenvalue weighted by molar-refractivity contribution is 0.00578. The Balaban J connectivity index is 1.38. The topological polar surface area (TPSA) is 48.4 Å². The number of hydrogen-bond donors (Lipinski definition) is 1. The standard InChI is InChI=1S/C25H42BN3O3/c1-19-17-21(26-31-24(3,4)25(5,6)32-26)18-20(2)23(19)29-13-11-28(12-14-29)22-7-9-27(10-8-22)15-16-30/h17-18,22,30H,7-16H2,1-6H3. The lowest BCUT2D eigenvalue weighted by atomic mass is 9.77. The van der Waals surface area contributed by atoms with Crippen molar-refractivity contribution in [2.75, 3.05) is 57.3 Å². The van der Waals surface area contributed by atoms with Gasteiger partial charge in [-0.2, -0.15) is 0 Å². The summed E-state index contributed by atoms with van der Waals surface area (Å²) in [6, 6.07) is 5.21. The Kier molecular flexibility index (Phi) is 6.95. The highest BCUT2D eigenvalue weighted by molar-refractivity contribution is 6.62. The molecule has 0 bridgehead atoms. The molecule has 3 fully saturated rings. The zero-order valence-corrected chi connectivity index (χ0v) is 21.0. The van der Waals surface area contributed by atoms with Crippen LogP contribution in [0.2, 0.25) is 0 Å². The molecule has 0 atom stereocenters. The van der Waals surface area contributed by atoms with Crippen molar-refractivity contribution in [1.29, 1.82) is 0 Å². The number of hydrogen-bond acceptors (Lipinski definition) is 6. The van der Waals surface area contributed by atoms with Crippen LogP contribution in [0.25, 0.3) is 0 Å². The number of piperazine rings is 1. The molecule has 4 rings (SSSR count). The average molecular weight is 443 g/mol. The Morgan fingerprint density at radius 1 is 0.906 bits per heavy atom. The van der Waals surface area contributed by atoms with Crippen LogP contribution >= 0.6 is 0 Å². The van der Waals surface area contributed by atoms with Crippen molar-refractivity contribution in [1.82, 2.24) is 9.80 Å². The van der Waals surface area contributed by atoms with Crippen LogP contribution in [0.4, 0.5) is 5.69 Å². The largest absolute Gasteiger partial charge is 0.494 e. The van der Waals surface area contributed by atoms with Gasteiger partial charge in [0.2, 0.25) is 0 Å². The van der Waals surface area contributed by atoms with Gasteiger partial charge in [-0.3, -0.25) is 4.90 Å². The summed E-state index contributed by atoms with van der Waals surface area (Å²) in [7, 11) is -0.306. The van der Waals surface area contributed by atoms with Crippen molar-refractivity contribution < 1.29 is 14.4 Å². The first kappa shape index (κ1) is 24.0. The van der Waals surface area contributed by atoms with E-state index in [1.54, 1.807) is 0 Å². The quantitative estimate of drug-likeness (QED) is 0.705. The molecule has 1 aromatic carbocycles. The molecule has 0 aliphatic carbocycles. The van der Waals surface area contributed by atoms with Crippen LogP contribution in [0.3, 0.4) is 0 Å². The van der Waals surface area contributed by atoms with Crippen LogP contribution in [0, 0.1) is 13.8 Å². The summed E-state index contributed by atoms with van der Waals surface area (Å²) in [5.74, 6) is 0. The summed E-state index contributed by atoms with van der Waals surface area (Å²) < 4.78 is 12.6. The minimum absolute atomic E-state index is 0.273. The van der Waals surface area contributed by atoms with Crippen molar-refractivity contribution in [2.45, 2.75) is 71.6 Å². The normalized spacial score (nSPS) is 25.0. The molecule has 6 nitrogen and oxygen atoms in total. The third-order valence-corrected chi connectivity index (χ3v) is 8.16. The van der Waals surface area contributed by atoms with Crippen molar-refractivity contribution >= 4 is 18.3 Å². The van der Waals surface area contributed by atoms with Crippen LogP contribution in [-0.2, 0) is 9.31 Å². The molecule has 178 valence electrons. The van der Waals surface area contributed by atoms with Crippen molar-refractivity contribution in [3.63, 3.8) is 0 Å². The molecule has 3 saturated heterocycles. The van der Waals surface area contributed by atoms with Crippen LogP contribution in [-0.4, -0.2) is 91.7 Å². The lowest BCUT2D eigenvalue weighted by Crippen LogP contribution is -2.53. The van der Waals surface area contributed by atoms with E-state index in [9.17, 15) is 0 Å². The molecule has 0 spiro atoms. The second-order valence-electron chi connectivity index (χ2n) is 10.9. The number of likely N-dealkylation sites (tertiary alicyclic amines) is 1. The van der Waals surface area contributed by atoms with E-state index in [1.807, 2.05) is 0 Å². The number of aliphatic hydroxyl groups is 1. The van der Waals surface area contributed by atoms with Crippen molar-refractivity contribution in [3.05, 3.63) is 23.3 Å². The highest BCUT2D eigenvalue weighted by atomic mass is 16.7. The summed E-state index contributed by atoms with van der Waals surface area (Å²) >= 11 is 0. The SMILES string of the molecule is Cc1cc(B2OC(C)(C)C(C)(C)O2)cc(C)c1N1CCN(C2CCN(CCO)CC2)CC1. The number of piperidine rings is 1. The Bertz CT molecular complexity index is 761. The second kappa shape index (κ2) is 9.26. The third-order valence-electron chi connectivity index (χ3n) is 8.16. The fourth-order valence-electron chi connectivity index (χ4n) is 5.56. The third kappa shape index (κ3) is 4.73. The maximum absolute atomic E-state index is 9.17. The smallest absolute Gasteiger partial charge is 0.399 e. The van der Waals surface area contributed by atoms with Crippen LogP contribution in [0.15, 0.2) is 12.1 Å². The van der Waals surface area contributed by atoms with Crippen LogP contribution in [0.1, 0.15) is 51.7 Å². The van der Waals surface area contributed by atoms with E-state index in [4.69, 9.17) is 14.4 Å². The molecule has 0 saturated carbocycles. The number of rotatable bonds is 5.